The van der Waals surface area contributed by atoms with E-state index >= 15 is 0 Å². The van der Waals surface area contributed by atoms with Crippen molar-refractivity contribution in [2.75, 3.05) is 14.1 Å². The van der Waals surface area contributed by atoms with Crippen LogP contribution in [0.2, 0.25) is 0 Å². The largest absolute Gasteiger partial charge is 0.315 e. The second-order valence-corrected chi connectivity index (χ2v) is 5.40. The first-order valence-corrected chi connectivity index (χ1v) is 7.04. The molecule has 0 heterocycles. The lowest BCUT2D eigenvalue weighted by molar-refractivity contribution is 0.127. The van der Waals surface area contributed by atoms with Crippen molar-refractivity contribution in [1.82, 2.24) is 10.2 Å². The van der Waals surface area contributed by atoms with Crippen molar-refractivity contribution in [3.8, 4) is 0 Å². The minimum absolute atomic E-state index is 0.654. The van der Waals surface area contributed by atoms with E-state index in [1.165, 1.54) is 32.1 Å². The first-order chi connectivity index (χ1) is 7.65. The SMILES string of the molecule is CCCC(NC)C(CC)N(C)C(C)C1CC1. The highest BCUT2D eigenvalue weighted by molar-refractivity contribution is 4.90. The van der Waals surface area contributed by atoms with Crippen molar-refractivity contribution in [1.29, 1.82) is 0 Å². The Morgan fingerprint density at radius 1 is 1.31 bits per heavy atom. The number of hydrogen-bond acceptors (Lipinski definition) is 2. The average Bonchev–Trinajstić information content (AvgIpc) is 3.11. The van der Waals surface area contributed by atoms with Crippen LogP contribution < -0.4 is 5.32 Å². The van der Waals surface area contributed by atoms with Gasteiger partial charge in [0.1, 0.15) is 0 Å². The zero-order valence-corrected chi connectivity index (χ0v) is 11.8. The number of hydrogen-bond donors (Lipinski definition) is 1. The molecule has 0 radical (unpaired) electrons. The predicted octanol–water partition coefficient (Wildman–Crippen LogP) is 2.88. The van der Waals surface area contributed by atoms with Crippen LogP contribution in [0.15, 0.2) is 0 Å². The summed E-state index contributed by atoms with van der Waals surface area (Å²) >= 11 is 0. The maximum Gasteiger partial charge on any atom is 0.0246 e. The minimum Gasteiger partial charge on any atom is -0.315 e. The fourth-order valence-corrected chi connectivity index (χ4v) is 2.91. The van der Waals surface area contributed by atoms with E-state index in [2.05, 4.69) is 45.1 Å². The molecule has 1 rings (SSSR count). The van der Waals surface area contributed by atoms with Crippen molar-refractivity contribution >= 4 is 0 Å². The second-order valence-electron chi connectivity index (χ2n) is 5.40. The van der Waals surface area contributed by atoms with Gasteiger partial charge in [-0.15, -0.1) is 0 Å². The van der Waals surface area contributed by atoms with Gasteiger partial charge >= 0.3 is 0 Å². The van der Waals surface area contributed by atoms with Crippen LogP contribution in [-0.4, -0.2) is 37.1 Å². The van der Waals surface area contributed by atoms with Crippen LogP contribution in [-0.2, 0) is 0 Å². The van der Waals surface area contributed by atoms with E-state index in [4.69, 9.17) is 0 Å². The molecule has 2 nitrogen and oxygen atoms in total. The molecule has 16 heavy (non-hydrogen) atoms. The van der Waals surface area contributed by atoms with Gasteiger partial charge in [0.15, 0.2) is 0 Å². The Morgan fingerprint density at radius 2 is 1.94 bits per heavy atom. The lowest BCUT2D eigenvalue weighted by Crippen LogP contribution is -2.50. The van der Waals surface area contributed by atoms with E-state index in [0.717, 1.165) is 12.0 Å². The Hall–Kier alpha value is -0.0800. The van der Waals surface area contributed by atoms with E-state index < -0.39 is 0 Å². The van der Waals surface area contributed by atoms with Gasteiger partial charge in [-0.05, 0) is 52.6 Å². The number of nitrogens with one attached hydrogen (secondary N) is 1. The molecule has 0 aliphatic heterocycles. The Kier molecular flexibility index (Phi) is 5.77. The van der Waals surface area contributed by atoms with Crippen LogP contribution in [0.3, 0.4) is 0 Å². The van der Waals surface area contributed by atoms with Crippen LogP contribution in [0.25, 0.3) is 0 Å². The van der Waals surface area contributed by atoms with Gasteiger partial charge in [0.05, 0.1) is 0 Å². The lowest BCUT2D eigenvalue weighted by Gasteiger charge is -2.38. The van der Waals surface area contributed by atoms with Crippen LogP contribution in [0.5, 0.6) is 0 Å². The van der Waals surface area contributed by atoms with Gasteiger partial charge < -0.3 is 5.32 Å². The first-order valence-electron chi connectivity index (χ1n) is 7.04. The molecule has 1 saturated carbocycles. The van der Waals surface area contributed by atoms with Gasteiger partial charge in [-0.1, -0.05) is 20.3 Å². The van der Waals surface area contributed by atoms with Crippen molar-refractivity contribution in [2.24, 2.45) is 5.92 Å². The van der Waals surface area contributed by atoms with Crippen LogP contribution in [0.1, 0.15) is 52.9 Å². The Morgan fingerprint density at radius 3 is 2.31 bits per heavy atom. The van der Waals surface area contributed by atoms with E-state index in [9.17, 15) is 0 Å². The fourth-order valence-electron chi connectivity index (χ4n) is 2.91. The standard InChI is InChI=1S/C14H30N2/c1-6-8-13(15-4)14(7-2)16(5)11(3)12-9-10-12/h11-15H,6-10H2,1-5H3. The number of nitrogens with zero attached hydrogens (tertiary/aromatic N) is 1. The first kappa shape index (κ1) is 14.0. The molecule has 0 spiro atoms. The Labute approximate surface area is 102 Å². The zero-order valence-electron chi connectivity index (χ0n) is 11.8. The minimum atomic E-state index is 0.654. The van der Waals surface area contributed by atoms with Crippen molar-refractivity contribution in [3.63, 3.8) is 0 Å². The highest BCUT2D eigenvalue weighted by Gasteiger charge is 2.34. The molecular weight excluding hydrogens is 196 g/mol. The van der Waals surface area contributed by atoms with Gasteiger partial charge in [-0.3, -0.25) is 4.90 Å². The number of rotatable bonds is 8. The van der Waals surface area contributed by atoms with Gasteiger partial charge in [-0.25, -0.2) is 0 Å². The molecule has 0 saturated heterocycles. The van der Waals surface area contributed by atoms with Crippen molar-refractivity contribution in [2.45, 2.75) is 71.0 Å². The Bertz CT molecular complexity index is 189. The Balaban J connectivity index is 2.55. The molecule has 0 amide bonds. The summed E-state index contributed by atoms with van der Waals surface area (Å²) in [7, 11) is 4.43. The maximum absolute atomic E-state index is 3.51. The normalized spacial score (nSPS) is 22.1. The van der Waals surface area contributed by atoms with Crippen molar-refractivity contribution in [3.05, 3.63) is 0 Å². The molecule has 0 aromatic heterocycles. The highest BCUT2D eigenvalue weighted by atomic mass is 15.2. The molecule has 1 fully saturated rings. The molecule has 3 unspecified atom stereocenters. The van der Waals surface area contributed by atoms with Gasteiger partial charge in [0, 0.05) is 18.1 Å². The summed E-state index contributed by atoms with van der Waals surface area (Å²) in [4.78, 5) is 2.62. The molecule has 96 valence electrons. The lowest BCUT2D eigenvalue weighted by atomic mass is 9.97. The molecule has 1 N–H and O–H groups in total. The van der Waals surface area contributed by atoms with E-state index in [-0.39, 0.29) is 0 Å². The summed E-state index contributed by atoms with van der Waals surface area (Å²) in [6, 6.07) is 2.11. The smallest absolute Gasteiger partial charge is 0.0246 e. The fraction of sp³-hybridized carbons (Fsp3) is 1.00. The van der Waals surface area contributed by atoms with E-state index in [0.29, 0.717) is 12.1 Å². The third kappa shape index (κ3) is 3.46. The quantitative estimate of drug-likeness (QED) is 0.684. The van der Waals surface area contributed by atoms with Gasteiger partial charge in [0.25, 0.3) is 0 Å². The van der Waals surface area contributed by atoms with E-state index in [1.807, 2.05) is 0 Å². The predicted molar refractivity (Wildman–Crippen MR) is 71.8 cm³/mol. The van der Waals surface area contributed by atoms with Crippen LogP contribution >= 0.6 is 0 Å². The molecular formula is C14H30N2. The highest BCUT2D eigenvalue weighted by Crippen LogP contribution is 2.35. The molecule has 2 heteroatoms. The van der Waals surface area contributed by atoms with Crippen molar-refractivity contribution < 1.29 is 0 Å². The van der Waals surface area contributed by atoms with E-state index in [1.54, 1.807) is 0 Å². The third-order valence-electron chi connectivity index (χ3n) is 4.32. The van der Waals surface area contributed by atoms with Crippen LogP contribution in [0.4, 0.5) is 0 Å². The maximum atomic E-state index is 3.51. The van der Waals surface area contributed by atoms with Gasteiger partial charge in [0.2, 0.25) is 0 Å². The molecule has 0 aromatic rings. The molecule has 0 bridgehead atoms. The molecule has 0 aromatic carbocycles. The average molecular weight is 226 g/mol. The molecule has 1 aliphatic carbocycles. The summed E-state index contributed by atoms with van der Waals surface area (Å²) < 4.78 is 0. The summed E-state index contributed by atoms with van der Waals surface area (Å²) in [6.45, 7) is 7.00. The van der Waals surface area contributed by atoms with Crippen LogP contribution in [0, 0.1) is 5.92 Å². The summed E-state index contributed by atoms with van der Waals surface area (Å²) in [6.07, 6.45) is 6.70. The summed E-state index contributed by atoms with van der Waals surface area (Å²) in [5, 5.41) is 3.51. The van der Waals surface area contributed by atoms with Gasteiger partial charge in [-0.2, -0.15) is 0 Å². The zero-order chi connectivity index (χ0) is 12.1. The molecule has 1 aliphatic rings. The third-order valence-corrected chi connectivity index (χ3v) is 4.32. The summed E-state index contributed by atoms with van der Waals surface area (Å²) in [5.41, 5.74) is 0. The monoisotopic (exact) mass is 226 g/mol. The topological polar surface area (TPSA) is 15.3 Å². The molecule has 3 atom stereocenters. The number of likely N-dealkylation sites (N-methyl/N-ethyl adjacent to an activating group) is 2. The second kappa shape index (κ2) is 6.61. The summed E-state index contributed by atoms with van der Waals surface area (Å²) in [5.74, 6) is 0.971.